The van der Waals surface area contributed by atoms with Crippen molar-refractivity contribution in [3.63, 3.8) is 0 Å². The molecule has 0 atom stereocenters. The maximum Gasteiger partial charge on any atom is 0.232 e. The number of hydrogen-bond acceptors (Lipinski definition) is 5. The van der Waals surface area contributed by atoms with Gasteiger partial charge in [-0.3, -0.25) is 9.59 Å². The van der Waals surface area contributed by atoms with Crippen LogP contribution in [0.15, 0.2) is 36.4 Å². The Morgan fingerprint density at radius 1 is 0.966 bits per heavy atom. The maximum atomic E-state index is 12.6. The number of hydrogen-bond donors (Lipinski definition) is 1. The minimum atomic E-state index is -0.306. The minimum Gasteiger partial charge on any atom is -0.496 e. The number of methoxy groups -OCH3 is 3. The lowest BCUT2D eigenvalue weighted by Gasteiger charge is -2.29. The Morgan fingerprint density at radius 3 is 2.31 bits per heavy atom. The molecule has 2 aromatic carbocycles. The van der Waals surface area contributed by atoms with Gasteiger partial charge in [-0.1, -0.05) is 18.2 Å². The lowest BCUT2D eigenvalue weighted by atomic mass is 9.98. The summed E-state index contributed by atoms with van der Waals surface area (Å²) < 4.78 is 16.0. The summed E-state index contributed by atoms with van der Waals surface area (Å²) in [7, 11) is 4.78. The van der Waals surface area contributed by atoms with E-state index in [1.807, 2.05) is 36.4 Å². The molecular weight excluding hydrogens is 372 g/mol. The molecule has 154 valence electrons. The molecule has 1 aliphatic rings. The fourth-order valence-electron chi connectivity index (χ4n) is 3.45. The third kappa shape index (κ3) is 4.80. The molecule has 1 aliphatic heterocycles. The van der Waals surface area contributed by atoms with E-state index in [0.29, 0.717) is 43.3 Å². The molecule has 0 aromatic heterocycles. The second-order valence-electron chi connectivity index (χ2n) is 6.81. The molecule has 2 aromatic rings. The van der Waals surface area contributed by atoms with E-state index in [1.54, 1.807) is 26.2 Å². The van der Waals surface area contributed by atoms with Crippen LogP contribution in [0.5, 0.6) is 17.2 Å². The largest absolute Gasteiger partial charge is 0.496 e. The van der Waals surface area contributed by atoms with E-state index in [9.17, 15) is 9.59 Å². The van der Waals surface area contributed by atoms with Gasteiger partial charge in [0.2, 0.25) is 11.8 Å². The Balaban J connectivity index is 1.58. The first-order valence-corrected chi connectivity index (χ1v) is 9.45. The summed E-state index contributed by atoms with van der Waals surface area (Å²) in [5.74, 6) is 1.52. The van der Waals surface area contributed by atoms with Crippen molar-refractivity contribution in [2.45, 2.75) is 25.9 Å². The average Bonchev–Trinajstić information content (AvgIpc) is 2.76. The molecule has 7 heteroatoms. The molecule has 7 nitrogen and oxygen atoms in total. The van der Waals surface area contributed by atoms with E-state index in [4.69, 9.17) is 14.2 Å². The van der Waals surface area contributed by atoms with E-state index >= 15 is 0 Å². The molecular formula is C22H26N2O5. The van der Waals surface area contributed by atoms with Crippen LogP contribution in [0.1, 0.15) is 23.1 Å². The molecule has 0 saturated heterocycles. The summed E-state index contributed by atoms with van der Waals surface area (Å²) >= 11 is 0. The van der Waals surface area contributed by atoms with Gasteiger partial charge in [0.25, 0.3) is 0 Å². The Kier molecular flexibility index (Phi) is 6.59. The van der Waals surface area contributed by atoms with Gasteiger partial charge in [0.15, 0.2) is 11.5 Å². The topological polar surface area (TPSA) is 77.1 Å². The highest BCUT2D eigenvalue weighted by Gasteiger charge is 2.24. The first kappa shape index (κ1) is 20.5. The standard InChI is InChI=1S/C22H26N2O5/c1-27-18-7-5-4-6-16(18)13-23-21(25)12-22(26)24-9-8-15-10-19(28-2)20(29-3)11-17(15)14-24/h4-7,10-11H,8-9,12-14H2,1-3H3,(H,23,25). The Bertz CT molecular complexity index is 897. The first-order valence-electron chi connectivity index (χ1n) is 9.45. The maximum absolute atomic E-state index is 12.6. The Hall–Kier alpha value is -3.22. The molecule has 0 unspecified atom stereocenters. The fraction of sp³-hybridized carbons (Fsp3) is 0.364. The number of para-hydroxylation sites is 1. The van der Waals surface area contributed by atoms with Gasteiger partial charge in [-0.25, -0.2) is 0 Å². The summed E-state index contributed by atoms with van der Waals surface area (Å²) in [5.41, 5.74) is 3.01. The van der Waals surface area contributed by atoms with Crippen LogP contribution in [0.3, 0.4) is 0 Å². The molecule has 0 saturated carbocycles. The summed E-state index contributed by atoms with van der Waals surface area (Å²) in [6.45, 7) is 1.34. The number of fused-ring (bicyclic) bond motifs is 1. The lowest BCUT2D eigenvalue weighted by molar-refractivity contribution is -0.136. The fourth-order valence-corrected chi connectivity index (χ4v) is 3.45. The number of benzene rings is 2. The summed E-state index contributed by atoms with van der Waals surface area (Å²) in [6, 6.07) is 11.3. The van der Waals surface area contributed by atoms with Crippen LogP contribution < -0.4 is 19.5 Å². The molecule has 1 heterocycles. The van der Waals surface area contributed by atoms with Gasteiger partial charge in [-0.2, -0.15) is 0 Å². The highest BCUT2D eigenvalue weighted by atomic mass is 16.5. The second kappa shape index (κ2) is 9.32. The van der Waals surface area contributed by atoms with Crippen molar-refractivity contribution in [3.05, 3.63) is 53.1 Å². The molecule has 29 heavy (non-hydrogen) atoms. The van der Waals surface area contributed by atoms with Crippen LogP contribution in [0, 0.1) is 0 Å². The number of nitrogens with zero attached hydrogens (tertiary/aromatic N) is 1. The van der Waals surface area contributed by atoms with Crippen molar-refractivity contribution in [2.24, 2.45) is 0 Å². The Labute approximate surface area is 170 Å². The van der Waals surface area contributed by atoms with Crippen molar-refractivity contribution < 1.29 is 23.8 Å². The van der Waals surface area contributed by atoms with Crippen molar-refractivity contribution >= 4 is 11.8 Å². The molecule has 0 aliphatic carbocycles. The second-order valence-corrected chi connectivity index (χ2v) is 6.81. The van der Waals surface area contributed by atoms with Crippen LogP contribution in [0.25, 0.3) is 0 Å². The monoisotopic (exact) mass is 398 g/mol. The van der Waals surface area contributed by atoms with Crippen LogP contribution in [0.4, 0.5) is 0 Å². The number of carbonyl (C=O) groups is 2. The zero-order valence-corrected chi connectivity index (χ0v) is 17.0. The van der Waals surface area contributed by atoms with Crippen LogP contribution >= 0.6 is 0 Å². The molecule has 0 fully saturated rings. The van der Waals surface area contributed by atoms with E-state index in [-0.39, 0.29) is 18.2 Å². The van der Waals surface area contributed by atoms with Crippen molar-refractivity contribution in [3.8, 4) is 17.2 Å². The number of ether oxygens (including phenoxy) is 3. The zero-order chi connectivity index (χ0) is 20.8. The number of rotatable bonds is 7. The summed E-state index contributed by atoms with van der Waals surface area (Å²) in [4.78, 5) is 26.6. The van der Waals surface area contributed by atoms with Gasteiger partial charge in [0.1, 0.15) is 12.2 Å². The molecule has 0 spiro atoms. The third-order valence-electron chi connectivity index (χ3n) is 5.05. The SMILES string of the molecule is COc1ccccc1CNC(=O)CC(=O)N1CCc2cc(OC)c(OC)cc2C1. The zero-order valence-electron chi connectivity index (χ0n) is 17.0. The predicted molar refractivity (Wildman–Crippen MR) is 108 cm³/mol. The highest BCUT2D eigenvalue weighted by molar-refractivity contribution is 5.97. The van der Waals surface area contributed by atoms with E-state index in [0.717, 1.165) is 16.7 Å². The van der Waals surface area contributed by atoms with Gasteiger partial charge < -0.3 is 24.4 Å². The van der Waals surface area contributed by atoms with Crippen LogP contribution in [-0.4, -0.2) is 44.6 Å². The number of amides is 2. The van der Waals surface area contributed by atoms with E-state index in [1.165, 1.54) is 0 Å². The van der Waals surface area contributed by atoms with E-state index < -0.39 is 0 Å². The number of nitrogens with one attached hydrogen (secondary N) is 1. The minimum absolute atomic E-state index is 0.183. The van der Waals surface area contributed by atoms with Crippen LogP contribution in [-0.2, 0) is 29.1 Å². The van der Waals surface area contributed by atoms with Gasteiger partial charge in [-0.05, 0) is 35.7 Å². The summed E-state index contributed by atoms with van der Waals surface area (Å²) in [5, 5.41) is 2.79. The smallest absolute Gasteiger partial charge is 0.232 e. The van der Waals surface area contributed by atoms with Gasteiger partial charge in [0, 0.05) is 25.2 Å². The van der Waals surface area contributed by atoms with Gasteiger partial charge in [-0.15, -0.1) is 0 Å². The van der Waals surface area contributed by atoms with Crippen molar-refractivity contribution in [1.82, 2.24) is 10.2 Å². The summed E-state index contributed by atoms with van der Waals surface area (Å²) in [6.07, 6.45) is 0.530. The highest BCUT2D eigenvalue weighted by Crippen LogP contribution is 2.33. The molecule has 3 rings (SSSR count). The Morgan fingerprint density at radius 2 is 1.62 bits per heavy atom. The molecule has 1 N–H and O–H groups in total. The molecule has 0 radical (unpaired) electrons. The predicted octanol–water partition coefficient (Wildman–Crippen LogP) is 2.30. The first-order chi connectivity index (χ1) is 14.0. The normalized spacial score (nSPS) is 12.7. The van der Waals surface area contributed by atoms with Crippen molar-refractivity contribution in [1.29, 1.82) is 0 Å². The third-order valence-corrected chi connectivity index (χ3v) is 5.05. The van der Waals surface area contributed by atoms with E-state index in [2.05, 4.69) is 5.32 Å². The van der Waals surface area contributed by atoms with Gasteiger partial charge >= 0.3 is 0 Å². The van der Waals surface area contributed by atoms with Crippen molar-refractivity contribution in [2.75, 3.05) is 27.9 Å². The van der Waals surface area contributed by atoms with Crippen LogP contribution in [0.2, 0.25) is 0 Å². The number of carbonyl (C=O) groups excluding carboxylic acids is 2. The quantitative estimate of drug-likeness (QED) is 0.725. The van der Waals surface area contributed by atoms with Gasteiger partial charge in [0.05, 0.1) is 21.3 Å². The molecule has 0 bridgehead atoms. The lowest BCUT2D eigenvalue weighted by Crippen LogP contribution is -2.38. The average molecular weight is 398 g/mol. The molecule has 2 amide bonds.